The average Bonchev–Trinajstić information content (AvgIpc) is 3.49. The number of hydrogen-bond donors (Lipinski definition) is 1. The zero-order chi connectivity index (χ0) is 26.2. The number of fused-ring (bicyclic) bond motifs is 2. The molecule has 5 aromatic rings. The Kier molecular flexibility index (Phi) is 6.02. The van der Waals surface area contributed by atoms with Crippen LogP contribution >= 0.6 is 11.6 Å². The highest BCUT2D eigenvalue weighted by atomic mass is 35.5. The van der Waals surface area contributed by atoms with Crippen molar-refractivity contribution in [3.05, 3.63) is 119 Å². The van der Waals surface area contributed by atoms with Crippen LogP contribution in [0.1, 0.15) is 15.9 Å². The van der Waals surface area contributed by atoms with Crippen LogP contribution in [0.3, 0.4) is 0 Å². The first-order valence-corrected chi connectivity index (χ1v) is 12.4. The molecule has 1 aliphatic heterocycles. The van der Waals surface area contributed by atoms with Crippen LogP contribution in [-0.2, 0) is 20.9 Å². The molecule has 6 nitrogen and oxygen atoms in total. The number of cyclic esters (lactones) is 1. The fraction of sp³-hybridized carbons (Fsp3) is 0.0645. The summed E-state index contributed by atoms with van der Waals surface area (Å²) < 4.78 is 6.92. The third-order valence-corrected chi connectivity index (χ3v) is 6.87. The lowest BCUT2D eigenvalue weighted by molar-refractivity contribution is -0.135. The first-order chi connectivity index (χ1) is 18.5. The molecule has 1 amide bonds. The van der Waals surface area contributed by atoms with Gasteiger partial charge in [0.2, 0.25) is 0 Å². The third kappa shape index (κ3) is 4.35. The van der Waals surface area contributed by atoms with E-state index >= 15 is 0 Å². The van der Waals surface area contributed by atoms with E-state index in [0.29, 0.717) is 28.2 Å². The van der Waals surface area contributed by atoms with Crippen LogP contribution in [0.25, 0.3) is 32.9 Å². The van der Waals surface area contributed by atoms with Crippen molar-refractivity contribution < 1.29 is 19.1 Å². The first-order valence-electron chi connectivity index (χ1n) is 12.1. The minimum atomic E-state index is -0.828. The van der Waals surface area contributed by atoms with Crippen molar-refractivity contribution in [1.82, 2.24) is 9.88 Å². The molecular weight excluding hydrogens is 500 g/mol. The smallest absolute Gasteiger partial charge is 0.333 e. The van der Waals surface area contributed by atoms with Gasteiger partial charge in [-0.2, -0.15) is 0 Å². The van der Waals surface area contributed by atoms with E-state index in [4.69, 9.17) is 16.3 Å². The molecule has 1 aliphatic rings. The number of rotatable bonds is 6. The maximum atomic E-state index is 13.8. The Morgan fingerprint density at radius 1 is 0.895 bits per heavy atom. The Morgan fingerprint density at radius 3 is 2.39 bits per heavy atom. The van der Waals surface area contributed by atoms with Gasteiger partial charge < -0.3 is 14.6 Å². The quantitative estimate of drug-likeness (QED) is 0.172. The Morgan fingerprint density at radius 2 is 1.63 bits per heavy atom. The lowest BCUT2D eigenvalue weighted by Gasteiger charge is -2.14. The Hall–Kier alpha value is -4.68. The van der Waals surface area contributed by atoms with Crippen molar-refractivity contribution in [3.8, 4) is 11.3 Å². The number of amides is 1. The zero-order valence-electron chi connectivity index (χ0n) is 20.1. The van der Waals surface area contributed by atoms with Crippen molar-refractivity contribution >= 4 is 50.9 Å². The van der Waals surface area contributed by atoms with Crippen molar-refractivity contribution in [1.29, 1.82) is 0 Å². The van der Waals surface area contributed by atoms with E-state index in [0.717, 1.165) is 27.4 Å². The molecule has 38 heavy (non-hydrogen) atoms. The molecule has 0 radical (unpaired) electrons. The van der Waals surface area contributed by atoms with Crippen molar-refractivity contribution in [2.45, 2.75) is 6.54 Å². The normalized spacial score (nSPS) is 13.0. The summed E-state index contributed by atoms with van der Waals surface area (Å²) in [4.78, 5) is 38.4. The number of aromatic nitrogens is 1. The van der Waals surface area contributed by atoms with Gasteiger partial charge in [0.1, 0.15) is 6.61 Å². The van der Waals surface area contributed by atoms with E-state index in [1.54, 1.807) is 0 Å². The topological polar surface area (TPSA) is 77.4 Å². The van der Waals surface area contributed by atoms with Gasteiger partial charge in [0.15, 0.2) is 0 Å². The Labute approximate surface area is 223 Å². The molecule has 7 heteroatoms. The van der Waals surface area contributed by atoms with Gasteiger partial charge >= 0.3 is 5.97 Å². The second-order valence-electron chi connectivity index (χ2n) is 9.08. The molecule has 6 rings (SSSR count). The molecule has 0 fully saturated rings. The number of halogens is 1. The number of para-hydroxylation sites is 1. The van der Waals surface area contributed by atoms with Gasteiger partial charge in [-0.3, -0.25) is 9.59 Å². The summed E-state index contributed by atoms with van der Waals surface area (Å²) in [6, 6.07) is 29.1. The number of nitrogens with zero attached hydrogens (tertiary/aromatic N) is 1. The standard InChI is InChI=1S/C31H21ClN2O4/c32-23-13-9-19(10-14-23)17-34-26-8-4-3-7-25(26)28(30(36)31(37)33-24-16-27(35)38-18-24)29(34)22-12-11-20-5-1-2-6-21(20)15-22/h1-16H,17-18H2,(H,33,37). The summed E-state index contributed by atoms with van der Waals surface area (Å²) in [5.74, 6) is -2.07. The maximum Gasteiger partial charge on any atom is 0.333 e. The molecule has 1 N–H and O–H groups in total. The number of esters is 1. The first kappa shape index (κ1) is 23.7. The van der Waals surface area contributed by atoms with Crippen LogP contribution in [-0.4, -0.2) is 28.8 Å². The molecule has 4 aromatic carbocycles. The maximum absolute atomic E-state index is 13.8. The van der Waals surface area contributed by atoms with Crippen molar-refractivity contribution in [2.75, 3.05) is 6.61 Å². The lowest BCUT2D eigenvalue weighted by Crippen LogP contribution is -2.31. The Balaban J connectivity index is 1.55. The molecule has 0 aliphatic carbocycles. The van der Waals surface area contributed by atoms with Crippen LogP contribution in [0, 0.1) is 0 Å². The molecule has 0 spiro atoms. The number of ether oxygens (including phenoxy) is 1. The Bertz CT molecular complexity index is 1780. The minimum Gasteiger partial charge on any atom is -0.456 e. The summed E-state index contributed by atoms with van der Waals surface area (Å²) in [7, 11) is 0. The number of Topliss-reactive ketones (excluding diaryl/α,β-unsaturated/α-hetero) is 1. The predicted molar refractivity (Wildman–Crippen MR) is 147 cm³/mol. The van der Waals surface area contributed by atoms with E-state index in [1.165, 1.54) is 6.08 Å². The summed E-state index contributed by atoms with van der Waals surface area (Å²) in [5, 5.41) is 5.94. The molecule has 0 saturated heterocycles. The molecule has 0 unspecified atom stereocenters. The highest BCUT2D eigenvalue weighted by Gasteiger charge is 2.29. The molecule has 2 heterocycles. The zero-order valence-corrected chi connectivity index (χ0v) is 20.9. The number of hydrogen-bond acceptors (Lipinski definition) is 4. The van der Waals surface area contributed by atoms with Crippen LogP contribution in [0.5, 0.6) is 0 Å². The summed E-state index contributed by atoms with van der Waals surface area (Å²) in [6.07, 6.45) is 1.18. The minimum absolute atomic E-state index is 0.0757. The lowest BCUT2D eigenvalue weighted by atomic mass is 9.98. The summed E-state index contributed by atoms with van der Waals surface area (Å²) in [6.45, 7) is 0.385. The second kappa shape index (κ2) is 9.65. The van der Waals surface area contributed by atoms with E-state index in [1.807, 2.05) is 91.0 Å². The van der Waals surface area contributed by atoms with Gasteiger partial charge in [0, 0.05) is 28.5 Å². The largest absolute Gasteiger partial charge is 0.456 e. The summed E-state index contributed by atoms with van der Waals surface area (Å²) >= 11 is 6.12. The van der Waals surface area contributed by atoms with E-state index in [2.05, 4.69) is 9.88 Å². The van der Waals surface area contributed by atoms with Crippen molar-refractivity contribution in [2.24, 2.45) is 0 Å². The fourth-order valence-electron chi connectivity index (χ4n) is 4.87. The molecule has 0 atom stereocenters. The van der Waals surface area contributed by atoms with E-state index < -0.39 is 17.7 Å². The van der Waals surface area contributed by atoms with Gasteiger partial charge in [0.05, 0.1) is 17.0 Å². The van der Waals surface area contributed by atoms with Gasteiger partial charge in [0.25, 0.3) is 11.7 Å². The van der Waals surface area contributed by atoms with Crippen LogP contribution in [0.4, 0.5) is 0 Å². The number of carbonyl (C=O) groups is 3. The molecule has 0 bridgehead atoms. The highest BCUT2D eigenvalue weighted by Crippen LogP contribution is 2.36. The molecule has 0 saturated carbocycles. The third-order valence-electron chi connectivity index (χ3n) is 6.62. The predicted octanol–water partition coefficient (Wildman–Crippen LogP) is 5.90. The van der Waals surface area contributed by atoms with Gasteiger partial charge in [-0.25, -0.2) is 4.79 Å². The van der Waals surface area contributed by atoms with Gasteiger partial charge in [-0.15, -0.1) is 0 Å². The van der Waals surface area contributed by atoms with Gasteiger partial charge in [-0.05, 0) is 46.2 Å². The number of ketones is 1. The number of benzene rings is 4. The molecular formula is C31H21ClN2O4. The van der Waals surface area contributed by atoms with E-state index in [-0.39, 0.29) is 12.3 Å². The van der Waals surface area contributed by atoms with Crippen LogP contribution < -0.4 is 5.32 Å². The van der Waals surface area contributed by atoms with E-state index in [9.17, 15) is 14.4 Å². The SMILES string of the molecule is O=C1C=C(NC(=O)C(=O)c2c(-c3ccc4ccccc4c3)n(Cc3ccc(Cl)cc3)c3ccccc23)CO1. The fourth-order valence-corrected chi connectivity index (χ4v) is 5.00. The van der Waals surface area contributed by atoms with Gasteiger partial charge in [-0.1, -0.05) is 78.3 Å². The number of carbonyl (C=O) groups excluding carboxylic acids is 3. The van der Waals surface area contributed by atoms with Crippen LogP contribution in [0.2, 0.25) is 5.02 Å². The van der Waals surface area contributed by atoms with Crippen LogP contribution in [0.15, 0.2) is 103 Å². The highest BCUT2D eigenvalue weighted by molar-refractivity contribution is 6.46. The van der Waals surface area contributed by atoms with Crippen molar-refractivity contribution in [3.63, 3.8) is 0 Å². The monoisotopic (exact) mass is 520 g/mol. The average molecular weight is 521 g/mol. The second-order valence-corrected chi connectivity index (χ2v) is 9.51. The number of nitrogens with one attached hydrogen (secondary N) is 1. The molecule has 1 aromatic heterocycles. The summed E-state index contributed by atoms with van der Waals surface area (Å²) in [5.41, 5.74) is 3.81. The molecule has 186 valence electrons.